The van der Waals surface area contributed by atoms with Crippen LogP contribution in [-0.4, -0.2) is 37.8 Å². The Labute approximate surface area is 122 Å². The highest BCUT2D eigenvalue weighted by Gasteiger charge is 2.23. The quantitative estimate of drug-likeness (QED) is 0.866. The second kappa shape index (κ2) is 7.60. The van der Waals surface area contributed by atoms with Gasteiger partial charge >= 0.3 is 0 Å². The van der Waals surface area contributed by atoms with Gasteiger partial charge in [0.05, 0.1) is 19.3 Å². The van der Waals surface area contributed by atoms with Crippen molar-refractivity contribution in [3.63, 3.8) is 0 Å². The second-order valence-corrected chi connectivity index (χ2v) is 5.44. The third-order valence-electron chi connectivity index (χ3n) is 3.80. The number of nitrogens with one attached hydrogen (secondary N) is 1. The van der Waals surface area contributed by atoms with E-state index in [0.29, 0.717) is 6.04 Å². The Hall–Kier alpha value is -1.13. The molecule has 1 aliphatic heterocycles. The Kier molecular flexibility index (Phi) is 5.80. The molecular weight excluding hydrogens is 250 g/mol. The molecule has 0 amide bonds. The van der Waals surface area contributed by atoms with Gasteiger partial charge in [-0.2, -0.15) is 0 Å². The van der Waals surface area contributed by atoms with E-state index in [-0.39, 0.29) is 0 Å². The van der Waals surface area contributed by atoms with Crippen LogP contribution in [0.3, 0.4) is 0 Å². The van der Waals surface area contributed by atoms with E-state index in [4.69, 9.17) is 9.72 Å². The molecule has 1 aliphatic rings. The molecule has 1 aromatic heterocycles. The molecule has 0 bridgehead atoms. The number of anilines is 1. The van der Waals surface area contributed by atoms with Crippen molar-refractivity contribution in [2.45, 2.75) is 45.7 Å². The number of rotatable bonds is 6. The molecule has 4 nitrogen and oxygen atoms in total. The molecule has 1 unspecified atom stereocenters. The Morgan fingerprint density at radius 2 is 2.25 bits per heavy atom. The fourth-order valence-corrected chi connectivity index (χ4v) is 2.77. The summed E-state index contributed by atoms with van der Waals surface area (Å²) >= 11 is 0. The molecule has 2 rings (SSSR count). The van der Waals surface area contributed by atoms with Gasteiger partial charge in [-0.1, -0.05) is 20.3 Å². The van der Waals surface area contributed by atoms with Crippen LogP contribution in [0.4, 0.5) is 5.82 Å². The summed E-state index contributed by atoms with van der Waals surface area (Å²) < 4.78 is 5.60. The van der Waals surface area contributed by atoms with Crippen molar-refractivity contribution < 1.29 is 4.74 Å². The average Bonchev–Trinajstić information content (AvgIpc) is 2.47. The number of hydrogen-bond acceptors (Lipinski definition) is 4. The molecule has 1 atom stereocenters. The van der Waals surface area contributed by atoms with Gasteiger partial charge in [-0.3, -0.25) is 0 Å². The summed E-state index contributed by atoms with van der Waals surface area (Å²) in [6.45, 7) is 7.88. The summed E-state index contributed by atoms with van der Waals surface area (Å²) in [5, 5.41) is 3.24. The molecule has 2 heterocycles. The minimum Gasteiger partial charge on any atom is -0.377 e. The van der Waals surface area contributed by atoms with Crippen LogP contribution in [-0.2, 0) is 17.7 Å². The van der Waals surface area contributed by atoms with E-state index in [9.17, 15) is 0 Å². The molecule has 0 aromatic carbocycles. The average molecular weight is 277 g/mol. The number of ether oxygens (including phenoxy) is 1. The summed E-state index contributed by atoms with van der Waals surface area (Å²) in [5.41, 5.74) is 2.53. The first kappa shape index (κ1) is 15.3. The van der Waals surface area contributed by atoms with Crippen LogP contribution in [0.5, 0.6) is 0 Å². The SMILES string of the molecule is CCCc1cc(CNC)cc(N2CCOCC2CC)n1. The van der Waals surface area contributed by atoms with E-state index in [0.717, 1.165) is 51.4 Å². The van der Waals surface area contributed by atoms with E-state index in [1.807, 2.05) is 7.05 Å². The Balaban J connectivity index is 2.27. The lowest BCUT2D eigenvalue weighted by Crippen LogP contribution is -2.45. The summed E-state index contributed by atoms with van der Waals surface area (Å²) in [4.78, 5) is 7.29. The summed E-state index contributed by atoms with van der Waals surface area (Å²) in [6.07, 6.45) is 3.28. The van der Waals surface area contributed by atoms with Gasteiger partial charge in [-0.05, 0) is 37.6 Å². The van der Waals surface area contributed by atoms with Gasteiger partial charge in [0.25, 0.3) is 0 Å². The third-order valence-corrected chi connectivity index (χ3v) is 3.80. The molecule has 0 aliphatic carbocycles. The predicted molar refractivity (Wildman–Crippen MR) is 83.2 cm³/mol. The van der Waals surface area contributed by atoms with Crippen LogP contribution >= 0.6 is 0 Å². The van der Waals surface area contributed by atoms with Gasteiger partial charge in [0.1, 0.15) is 5.82 Å². The van der Waals surface area contributed by atoms with Crippen LogP contribution in [0, 0.1) is 0 Å². The zero-order valence-electron chi connectivity index (χ0n) is 13.0. The van der Waals surface area contributed by atoms with Crippen molar-refractivity contribution in [2.75, 3.05) is 31.7 Å². The van der Waals surface area contributed by atoms with Gasteiger partial charge < -0.3 is 15.0 Å². The highest BCUT2D eigenvalue weighted by Crippen LogP contribution is 2.22. The lowest BCUT2D eigenvalue weighted by atomic mass is 10.1. The van der Waals surface area contributed by atoms with E-state index in [1.54, 1.807) is 0 Å². The maximum Gasteiger partial charge on any atom is 0.129 e. The summed E-state index contributed by atoms with van der Waals surface area (Å²) in [5.74, 6) is 1.12. The zero-order valence-corrected chi connectivity index (χ0v) is 13.0. The molecule has 1 saturated heterocycles. The topological polar surface area (TPSA) is 37.4 Å². The normalized spacial score (nSPS) is 19.4. The number of pyridine rings is 1. The summed E-state index contributed by atoms with van der Waals surface area (Å²) in [7, 11) is 1.99. The molecule has 0 spiro atoms. The highest BCUT2D eigenvalue weighted by molar-refractivity contribution is 5.44. The molecule has 0 radical (unpaired) electrons. The molecule has 112 valence electrons. The van der Waals surface area contributed by atoms with E-state index >= 15 is 0 Å². The number of nitrogens with zero attached hydrogens (tertiary/aromatic N) is 2. The number of aryl methyl sites for hydroxylation is 1. The fourth-order valence-electron chi connectivity index (χ4n) is 2.77. The first-order chi connectivity index (χ1) is 9.78. The number of morpholine rings is 1. The fraction of sp³-hybridized carbons (Fsp3) is 0.688. The molecule has 1 N–H and O–H groups in total. The Bertz CT molecular complexity index is 398. The van der Waals surface area contributed by atoms with Gasteiger partial charge in [-0.25, -0.2) is 4.98 Å². The minimum absolute atomic E-state index is 0.454. The molecule has 4 heteroatoms. The maximum absolute atomic E-state index is 5.60. The highest BCUT2D eigenvalue weighted by atomic mass is 16.5. The predicted octanol–water partition coefficient (Wildman–Crippen LogP) is 2.37. The van der Waals surface area contributed by atoms with E-state index in [1.165, 1.54) is 11.3 Å². The second-order valence-electron chi connectivity index (χ2n) is 5.44. The third kappa shape index (κ3) is 3.70. The number of aromatic nitrogens is 1. The molecule has 1 fully saturated rings. The van der Waals surface area contributed by atoms with Crippen LogP contribution < -0.4 is 10.2 Å². The van der Waals surface area contributed by atoms with Gasteiger partial charge in [0.15, 0.2) is 0 Å². The first-order valence-corrected chi connectivity index (χ1v) is 7.77. The lowest BCUT2D eigenvalue weighted by Gasteiger charge is -2.36. The van der Waals surface area contributed by atoms with Gasteiger partial charge in [0.2, 0.25) is 0 Å². The smallest absolute Gasteiger partial charge is 0.129 e. The molecular formula is C16H27N3O. The van der Waals surface area contributed by atoms with Crippen molar-refractivity contribution >= 4 is 5.82 Å². The maximum atomic E-state index is 5.60. The zero-order chi connectivity index (χ0) is 14.4. The van der Waals surface area contributed by atoms with E-state index in [2.05, 4.69) is 36.2 Å². The largest absolute Gasteiger partial charge is 0.377 e. The lowest BCUT2D eigenvalue weighted by molar-refractivity contribution is 0.0925. The Morgan fingerprint density at radius 1 is 1.40 bits per heavy atom. The molecule has 1 aromatic rings. The standard InChI is InChI=1S/C16H27N3O/c1-4-6-14-9-13(11-17-3)10-16(18-14)19-7-8-20-12-15(19)5-2/h9-10,15,17H,4-8,11-12H2,1-3H3. The van der Waals surface area contributed by atoms with Crippen LogP contribution in [0.1, 0.15) is 37.9 Å². The molecule has 0 saturated carbocycles. The van der Waals surface area contributed by atoms with Crippen LogP contribution in [0.2, 0.25) is 0 Å². The van der Waals surface area contributed by atoms with Crippen molar-refractivity contribution in [3.05, 3.63) is 23.4 Å². The van der Waals surface area contributed by atoms with Crippen LogP contribution in [0.25, 0.3) is 0 Å². The van der Waals surface area contributed by atoms with Gasteiger partial charge in [0, 0.05) is 18.8 Å². The van der Waals surface area contributed by atoms with Crippen molar-refractivity contribution in [1.82, 2.24) is 10.3 Å². The summed E-state index contributed by atoms with van der Waals surface area (Å²) in [6, 6.07) is 4.91. The Morgan fingerprint density at radius 3 is 2.95 bits per heavy atom. The number of hydrogen-bond donors (Lipinski definition) is 1. The first-order valence-electron chi connectivity index (χ1n) is 7.77. The van der Waals surface area contributed by atoms with Crippen molar-refractivity contribution in [1.29, 1.82) is 0 Å². The molecule has 20 heavy (non-hydrogen) atoms. The monoisotopic (exact) mass is 277 g/mol. The van der Waals surface area contributed by atoms with Gasteiger partial charge in [-0.15, -0.1) is 0 Å². The van der Waals surface area contributed by atoms with Crippen molar-refractivity contribution in [3.8, 4) is 0 Å². The minimum atomic E-state index is 0.454. The van der Waals surface area contributed by atoms with Crippen LogP contribution in [0.15, 0.2) is 12.1 Å². The van der Waals surface area contributed by atoms with E-state index < -0.39 is 0 Å². The van der Waals surface area contributed by atoms with Crippen molar-refractivity contribution in [2.24, 2.45) is 0 Å².